The van der Waals surface area contributed by atoms with Crippen LogP contribution in [0.25, 0.3) is 0 Å². The van der Waals surface area contributed by atoms with Crippen molar-refractivity contribution >= 4 is 21.8 Å². The number of ether oxygens (including phenoxy) is 1. The zero-order valence-corrected chi connectivity index (χ0v) is 11.1. The molecular formula is C11H9BrFN3O3. The van der Waals surface area contributed by atoms with Gasteiger partial charge in [0.1, 0.15) is 18.2 Å². The Morgan fingerprint density at radius 2 is 2.32 bits per heavy atom. The van der Waals surface area contributed by atoms with Crippen LogP contribution in [-0.2, 0) is 6.61 Å². The van der Waals surface area contributed by atoms with E-state index in [-0.39, 0.29) is 12.3 Å². The molecule has 8 heteroatoms. The molecule has 0 bridgehead atoms. The average molecular weight is 330 g/mol. The molecular weight excluding hydrogens is 321 g/mol. The molecule has 1 heterocycles. The molecule has 1 amide bonds. The van der Waals surface area contributed by atoms with Crippen molar-refractivity contribution in [1.82, 2.24) is 10.6 Å². The van der Waals surface area contributed by atoms with Crippen LogP contribution in [0.4, 0.5) is 4.39 Å². The number of amides is 1. The molecule has 0 saturated heterocycles. The van der Waals surface area contributed by atoms with E-state index in [9.17, 15) is 9.18 Å². The molecule has 0 atom stereocenters. The smallest absolute Gasteiger partial charge is 0.287 e. The molecule has 100 valence electrons. The number of hydrogen-bond acceptors (Lipinski definition) is 5. The number of carbonyl (C=O) groups excluding carboxylic acids is 1. The molecule has 0 spiro atoms. The van der Waals surface area contributed by atoms with E-state index >= 15 is 0 Å². The summed E-state index contributed by atoms with van der Waals surface area (Å²) in [6, 6.07) is 5.44. The van der Waals surface area contributed by atoms with Crippen molar-refractivity contribution < 1.29 is 18.4 Å². The molecule has 0 aliphatic rings. The van der Waals surface area contributed by atoms with Crippen LogP contribution in [0.5, 0.6) is 5.75 Å². The first kappa shape index (κ1) is 13.5. The van der Waals surface area contributed by atoms with Gasteiger partial charge in [-0.15, -0.1) is 0 Å². The number of nitrogens with one attached hydrogen (secondary N) is 1. The lowest BCUT2D eigenvalue weighted by Gasteiger charge is -2.05. The number of carbonyl (C=O) groups is 1. The largest absolute Gasteiger partial charge is 0.484 e. The van der Waals surface area contributed by atoms with Gasteiger partial charge < -0.3 is 9.26 Å². The van der Waals surface area contributed by atoms with E-state index in [1.807, 2.05) is 5.43 Å². The summed E-state index contributed by atoms with van der Waals surface area (Å²) in [5.74, 6) is 4.60. The molecule has 0 radical (unpaired) electrons. The highest BCUT2D eigenvalue weighted by atomic mass is 79.9. The second-order valence-electron chi connectivity index (χ2n) is 3.52. The van der Waals surface area contributed by atoms with Crippen LogP contribution in [-0.4, -0.2) is 11.1 Å². The summed E-state index contributed by atoms with van der Waals surface area (Å²) in [6.07, 6.45) is 0. The Morgan fingerprint density at radius 3 is 3.05 bits per heavy atom. The maximum atomic E-state index is 13.0. The fourth-order valence-corrected chi connectivity index (χ4v) is 1.66. The summed E-state index contributed by atoms with van der Waals surface area (Å²) < 4.78 is 23.9. The number of nitrogens with zero attached hydrogens (tertiary/aromatic N) is 1. The molecule has 0 unspecified atom stereocenters. The number of nitrogens with two attached hydrogens (primary N) is 1. The summed E-state index contributed by atoms with van der Waals surface area (Å²) in [5, 5.41) is 3.51. The van der Waals surface area contributed by atoms with Crippen LogP contribution in [0, 0.1) is 5.82 Å². The predicted molar refractivity (Wildman–Crippen MR) is 66.6 cm³/mol. The van der Waals surface area contributed by atoms with Gasteiger partial charge in [0.2, 0.25) is 0 Å². The number of nitrogen functional groups attached to an aromatic ring is 1. The summed E-state index contributed by atoms with van der Waals surface area (Å²) in [5.41, 5.74) is 1.97. The van der Waals surface area contributed by atoms with E-state index in [2.05, 4.69) is 21.1 Å². The quantitative estimate of drug-likeness (QED) is 0.506. The molecule has 2 aromatic rings. The van der Waals surface area contributed by atoms with Gasteiger partial charge in [0, 0.05) is 12.1 Å². The number of halogens is 2. The Kier molecular flexibility index (Phi) is 4.13. The zero-order chi connectivity index (χ0) is 13.8. The van der Waals surface area contributed by atoms with Gasteiger partial charge >= 0.3 is 0 Å². The normalized spacial score (nSPS) is 10.3. The molecule has 1 aromatic carbocycles. The number of benzene rings is 1. The monoisotopic (exact) mass is 329 g/mol. The van der Waals surface area contributed by atoms with Gasteiger partial charge in [-0.2, -0.15) is 0 Å². The van der Waals surface area contributed by atoms with E-state index < -0.39 is 11.7 Å². The Hall–Kier alpha value is -1.93. The minimum atomic E-state index is -0.568. The molecule has 2 rings (SSSR count). The zero-order valence-electron chi connectivity index (χ0n) is 9.52. The Balaban J connectivity index is 2.04. The highest BCUT2D eigenvalue weighted by Crippen LogP contribution is 2.26. The van der Waals surface area contributed by atoms with Gasteiger partial charge in [0.05, 0.1) is 4.47 Å². The molecule has 6 nitrogen and oxygen atoms in total. The van der Waals surface area contributed by atoms with E-state index in [0.29, 0.717) is 16.0 Å². The second kappa shape index (κ2) is 5.81. The minimum Gasteiger partial charge on any atom is -0.484 e. The number of rotatable bonds is 4. The van der Waals surface area contributed by atoms with E-state index in [1.165, 1.54) is 24.3 Å². The third kappa shape index (κ3) is 3.30. The first-order chi connectivity index (χ1) is 9.10. The van der Waals surface area contributed by atoms with Crippen LogP contribution in [0.3, 0.4) is 0 Å². The van der Waals surface area contributed by atoms with Gasteiger partial charge in [-0.3, -0.25) is 10.2 Å². The molecule has 3 N–H and O–H groups in total. The predicted octanol–water partition coefficient (Wildman–Crippen LogP) is 1.76. The van der Waals surface area contributed by atoms with Crippen LogP contribution >= 0.6 is 15.9 Å². The van der Waals surface area contributed by atoms with Crippen molar-refractivity contribution in [3.05, 3.63) is 46.0 Å². The number of hydrogen-bond donors (Lipinski definition) is 2. The van der Waals surface area contributed by atoms with Crippen molar-refractivity contribution in [3.63, 3.8) is 0 Å². The number of aromatic nitrogens is 1. The van der Waals surface area contributed by atoms with Gasteiger partial charge in [0.15, 0.2) is 11.5 Å². The Bertz CT molecular complexity index is 603. The molecule has 0 saturated carbocycles. The van der Waals surface area contributed by atoms with E-state index in [1.54, 1.807) is 0 Å². The molecule has 1 aromatic heterocycles. The lowest BCUT2D eigenvalue weighted by Crippen LogP contribution is -2.30. The van der Waals surface area contributed by atoms with E-state index in [4.69, 9.17) is 15.1 Å². The maximum absolute atomic E-state index is 13.0. The highest BCUT2D eigenvalue weighted by molar-refractivity contribution is 9.10. The van der Waals surface area contributed by atoms with Crippen molar-refractivity contribution in [2.45, 2.75) is 6.61 Å². The number of hydrazine groups is 1. The highest BCUT2D eigenvalue weighted by Gasteiger charge is 2.12. The summed E-state index contributed by atoms with van der Waals surface area (Å²) in [6.45, 7) is 0.00685. The fraction of sp³-hybridized carbons (Fsp3) is 0.0909. The van der Waals surface area contributed by atoms with Crippen molar-refractivity contribution in [2.24, 2.45) is 5.84 Å². The summed E-state index contributed by atoms with van der Waals surface area (Å²) in [7, 11) is 0. The van der Waals surface area contributed by atoms with Gasteiger partial charge in [-0.25, -0.2) is 10.2 Å². The summed E-state index contributed by atoms with van der Waals surface area (Å²) in [4.78, 5) is 11.1. The van der Waals surface area contributed by atoms with E-state index in [0.717, 1.165) is 0 Å². The molecule has 19 heavy (non-hydrogen) atoms. The topological polar surface area (TPSA) is 90.4 Å². The average Bonchev–Trinajstić information content (AvgIpc) is 2.88. The SMILES string of the molecule is NNC(=O)c1cc(COc2cc(F)ccc2Br)on1. The molecule has 0 aliphatic carbocycles. The minimum absolute atomic E-state index is 0.00685. The lowest BCUT2D eigenvalue weighted by molar-refractivity contribution is 0.0944. The Labute approximate surface area is 115 Å². The van der Waals surface area contributed by atoms with Crippen LogP contribution in [0.1, 0.15) is 16.2 Å². The first-order valence-corrected chi connectivity index (χ1v) is 5.94. The van der Waals surface area contributed by atoms with Crippen LogP contribution in [0.2, 0.25) is 0 Å². The van der Waals surface area contributed by atoms with Crippen LogP contribution < -0.4 is 16.0 Å². The molecule has 0 fully saturated rings. The van der Waals surface area contributed by atoms with Gasteiger partial charge in [0.25, 0.3) is 5.91 Å². The van der Waals surface area contributed by atoms with Crippen molar-refractivity contribution in [3.8, 4) is 5.75 Å². The van der Waals surface area contributed by atoms with Gasteiger partial charge in [-0.05, 0) is 28.1 Å². The van der Waals surface area contributed by atoms with Crippen molar-refractivity contribution in [2.75, 3.05) is 0 Å². The molecule has 0 aliphatic heterocycles. The Morgan fingerprint density at radius 1 is 1.53 bits per heavy atom. The maximum Gasteiger partial charge on any atom is 0.287 e. The first-order valence-electron chi connectivity index (χ1n) is 5.14. The third-order valence-electron chi connectivity index (χ3n) is 2.19. The fourth-order valence-electron chi connectivity index (χ4n) is 1.30. The van der Waals surface area contributed by atoms with Crippen molar-refractivity contribution in [1.29, 1.82) is 0 Å². The summed E-state index contributed by atoms with van der Waals surface area (Å²) >= 11 is 3.23. The second-order valence-corrected chi connectivity index (χ2v) is 4.37. The lowest BCUT2D eigenvalue weighted by atomic mass is 10.3. The standard InChI is InChI=1S/C11H9BrFN3O3/c12-8-2-1-6(13)3-10(8)18-5-7-4-9(16-19-7)11(17)15-14/h1-4H,5,14H2,(H,15,17). The van der Waals surface area contributed by atoms with Crippen LogP contribution in [0.15, 0.2) is 33.3 Å². The van der Waals surface area contributed by atoms with Gasteiger partial charge in [-0.1, -0.05) is 5.16 Å². The third-order valence-corrected chi connectivity index (χ3v) is 2.84.